The van der Waals surface area contributed by atoms with Crippen molar-refractivity contribution < 1.29 is 19.0 Å². The summed E-state index contributed by atoms with van der Waals surface area (Å²) in [7, 11) is 0. The maximum atomic E-state index is 13.5. The van der Waals surface area contributed by atoms with E-state index in [-0.39, 0.29) is 25.1 Å². The molecule has 116 valence electrons. The highest BCUT2D eigenvalue weighted by molar-refractivity contribution is 5.78. The molecule has 1 aromatic carbocycles. The molecule has 0 fully saturated rings. The van der Waals surface area contributed by atoms with E-state index in [0.29, 0.717) is 17.5 Å². The van der Waals surface area contributed by atoms with Crippen molar-refractivity contribution in [3.05, 3.63) is 35.8 Å². The van der Waals surface area contributed by atoms with E-state index in [1.807, 2.05) is 19.9 Å². The number of benzene rings is 1. The summed E-state index contributed by atoms with van der Waals surface area (Å²) < 4.78 is 18.6. The highest BCUT2D eigenvalue weighted by Crippen LogP contribution is 2.22. The molecule has 21 heavy (non-hydrogen) atoms. The van der Waals surface area contributed by atoms with Crippen LogP contribution in [-0.2, 0) is 6.42 Å². The smallest absolute Gasteiger partial charge is 0.169 e. The van der Waals surface area contributed by atoms with E-state index in [0.717, 1.165) is 18.2 Å². The summed E-state index contributed by atoms with van der Waals surface area (Å²) in [6, 6.07) is 5.63. The Bertz CT molecular complexity index is 592. The number of aliphatic hydroxyl groups excluding tert-OH is 2. The molecule has 0 amide bonds. The van der Waals surface area contributed by atoms with Gasteiger partial charge in [-0.25, -0.2) is 4.39 Å². The Morgan fingerprint density at radius 2 is 2.05 bits per heavy atom. The van der Waals surface area contributed by atoms with Crippen LogP contribution in [0.5, 0.6) is 0 Å². The zero-order valence-electron chi connectivity index (χ0n) is 12.4. The van der Waals surface area contributed by atoms with Crippen LogP contribution in [0.3, 0.4) is 0 Å². The standard InChI is InChI=1S/C16H22FNO3/c1-11(18-8-16(2,9-19)10-20)5-12-3-4-15-13(6-12)14(17)7-21-15/h3-4,6-7,11,18-20H,5,8-10H2,1-2H3. The van der Waals surface area contributed by atoms with E-state index in [4.69, 9.17) is 4.42 Å². The van der Waals surface area contributed by atoms with Crippen LogP contribution in [0.2, 0.25) is 0 Å². The van der Waals surface area contributed by atoms with Crippen LogP contribution in [0.15, 0.2) is 28.9 Å². The Balaban J connectivity index is 1.97. The molecule has 1 heterocycles. The molecule has 3 N–H and O–H groups in total. The van der Waals surface area contributed by atoms with Gasteiger partial charge in [0.05, 0.1) is 18.6 Å². The minimum Gasteiger partial charge on any atom is -0.461 e. The van der Waals surface area contributed by atoms with Crippen molar-refractivity contribution in [1.29, 1.82) is 0 Å². The zero-order chi connectivity index (χ0) is 15.5. The number of rotatable bonds is 7. The van der Waals surface area contributed by atoms with E-state index < -0.39 is 5.41 Å². The van der Waals surface area contributed by atoms with Crippen molar-refractivity contribution in [2.24, 2.45) is 5.41 Å². The predicted molar refractivity (Wildman–Crippen MR) is 79.6 cm³/mol. The lowest BCUT2D eigenvalue weighted by Gasteiger charge is -2.27. The Hall–Kier alpha value is -1.43. The molecule has 0 saturated carbocycles. The van der Waals surface area contributed by atoms with Crippen molar-refractivity contribution in [1.82, 2.24) is 5.32 Å². The second-order valence-corrected chi connectivity index (χ2v) is 6.03. The molecule has 1 aromatic heterocycles. The van der Waals surface area contributed by atoms with Gasteiger partial charge in [-0.3, -0.25) is 0 Å². The van der Waals surface area contributed by atoms with Gasteiger partial charge in [0.25, 0.3) is 0 Å². The number of aliphatic hydroxyl groups is 2. The molecule has 1 atom stereocenters. The lowest BCUT2D eigenvalue weighted by Crippen LogP contribution is -2.42. The van der Waals surface area contributed by atoms with Crippen LogP contribution >= 0.6 is 0 Å². The van der Waals surface area contributed by atoms with Gasteiger partial charge in [-0.05, 0) is 31.0 Å². The quantitative estimate of drug-likeness (QED) is 0.732. The van der Waals surface area contributed by atoms with Gasteiger partial charge in [0, 0.05) is 18.0 Å². The molecule has 2 rings (SSSR count). The second kappa shape index (κ2) is 6.56. The third kappa shape index (κ3) is 3.81. The average Bonchev–Trinajstić information content (AvgIpc) is 2.86. The highest BCUT2D eigenvalue weighted by atomic mass is 19.1. The van der Waals surface area contributed by atoms with Crippen LogP contribution in [0.4, 0.5) is 4.39 Å². The monoisotopic (exact) mass is 295 g/mol. The molecule has 0 bridgehead atoms. The number of halogens is 1. The molecule has 0 aliphatic carbocycles. The topological polar surface area (TPSA) is 65.6 Å². The molecule has 2 aromatic rings. The summed E-state index contributed by atoms with van der Waals surface area (Å²) in [6.07, 6.45) is 1.84. The maximum absolute atomic E-state index is 13.5. The highest BCUT2D eigenvalue weighted by Gasteiger charge is 2.22. The molecule has 5 heteroatoms. The van der Waals surface area contributed by atoms with Gasteiger partial charge in [-0.1, -0.05) is 13.0 Å². The molecule has 0 radical (unpaired) electrons. The Labute approximate surface area is 123 Å². The number of hydrogen-bond donors (Lipinski definition) is 3. The fourth-order valence-electron chi connectivity index (χ4n) is 2.18. The Morgan fingerprint density at radius 3 is 2.71 bits per heavy atom. The van der Waals surface area contributed by atoms with Crippen LogP contribution < -0.4 is 5.32 Å². The summed E-state index contributed by atoms with van der Waals surface area (Å²) in [6.45, 7) is 4.21. The van der Waals surface area contributed by atoms with Crippen molar-refractivity contribution in [2.45, 2.75) is 26.3 Å². The number of hydrogen-bond acceptors (Lipinski definition) is 4. The molecule has 0 aliphatic heterocycles. The van der Waals surface area contributed by atoms with E-state index in [1.165, 1.54) is 0 Å². The van der Waals surface area contributed by atoms with Crippen molar-refractivity contribution in [3.63, 3.8) is 0 Å². The Kier molecular flexibility index (Phi) is 4.98. The average molecular weight is 295 g/mol. The summed E-state index contributed by atoms with van der Waals surface area (Å²) in [5.41, 5.74) is 1.03. The van der Waals surface area contributed by atoms with Crippen LogP contribution in [-0.4, -0.2) is 36.0 Å². The minimum atomic E-state index is -0.533. The first-order valence-corrected chi connectivity index (χ1v) is 7.08. The third-order valence-electron chi connectivity index (χ3n) is 3.77. The molecule has 4 nitrogen and oxygen atoms in total. The van der Waals surface area contributed by atoms with Gasteiger partial charge in [-0.2, -0.15) is 0 Å². The Morgan fingerprint density at radius 1 is 1.33 bits per heavy atom. The lowest BCUT2D eigenvalue weighted by atomic mass is 9.92. The van der Waals surface area contributed by atoms with Gasteiger partial charge in [0.15, 0.2) is 5.82 Å². The fourth-order valence-corrected chi connectivity index (χ4v) is 2.18. The van der Waals surface area contributed by atoms with Crippen LogP contribution in [0.25, 0.3) is 11.0 Å². The van der Waals surface area contributed by atoms with Gasteiger partial charge in [0.2, 0.25) is 0 Å². The molecular formula is C16H22FNO3. The largest absolute Gasteiger partial charge is 0.461 e. The van der Waals surface area contributed by atoms with Crippen molar-refractivity contribution >= 4 is 11.0 Å². The molecular weight excluding hydrogens is 273 g/mol. The summed E-state index contributed by atoms with van der Waals surface area (Å²) in [4.78, 5) is 0. The number of nitrogens with one attached hydrogen (secondary N) is 1. The van der Waals surface area contributed by atoms with Crippen LogP contribution in [0.1, 0.15) is 19.4 Å². The van der Waals surface area contributed by atoms with Gasteiger partial charge >= 0.3 is 0 Å². The molecule has 0 spiro atoms. The molecule has 0 saturated heterocycles. The summed E-state index contributed by atoms with van der Waals surface area (Å²) >= 11 is 0. The fraction of sp³-hybridized carbons (Fsp3) is 0.500. The summed E-state index contributed by atoms with van der Waals surface area (Å²) in [5.74, 6) is -0.347. The van der Waals surface area contributed by atoms with Crippen molar-refractivity contribution in [2.75, 3.05) is 19.8 Å². The van der Waals surface area contributed by atoms with E-state index in [2.05, 4.69) is 5.32 Å². The van der Waals surface area contributed by atoms with Gasteiger partial charge < -0.3 is 19.9 Å². The SMILES string of the molecule is CC(Cc1ccc2occ(F)c2c1)NCC(C)(CO)CO. The number of furan rings is 1. The first kappa shape index (κ1) is 15.9. The second-order valence-electron chi connectivity index (χ2n) is 6.03. The predicted octanol–water partition coefficient (Wildman–Crippen LogP) is 2.08. The van der Waals surface area contributed by atoms with E-state index >= 15 is 0 Å². The van der Waals surface area contributed by atoms with Crippen LogP contribution in [0, 0.1) is 11.2 Å². The number of fused-ring (bicyclic) bond motifs is 1. The first-order chi connectivity index (χ1) is 9.97. The van der Waals surface area contributed by atoms with E-state index in [1.54, 1.807) is 12.1 Å². The maximum Gasteiger partial charge on any atom is 0.169 e. The molecule has 0 aliphatic rings. The lowest BCUT2D eigenvalue weighted by molar-refractivity contribution is 0.0678. The third-order valence-corrected chi connectivity index (χ3v) is 3.77. The zero-order valence-corrected chi connectivity index (χ0v) is 12.4. The van der Waals surface area contributed by atoms with E-state index in [9.17, 15) is 14.6 Å². The first-order valence-electron chi connectivity index (χ1n) is 7.08. The normalized spacial score (nSPS) is 13.8. The van der Waals surface area contributed by atoms with Crippen molar-refractivity contribution in [3.8, 4) is 0 Å². The molecule has 1 unspecified atom stereocenters. The minimum absolute atomic E-state index is 0.0740. The van der Waals surface area contributed by atoms with Gasteiger partial charge in [0.1, 0.15) is 11.8 Å². The summed E-state index contributed by atoms with van der Waals surface area (Å²) in [5, 5.41) is 22.3. The van der Waals surface area contributed by atoms with Gasteiger partial charge in [-0.15, -0.1) is 0 Å².